The summed E-state index contributed by atoms with van der Waals surface area (Å²) in [4.78, 5) is 0. The molecule has 1 fully saturated rings. The summed E-state index contributed by atoms with van der Waals surface area (Å²) in [5.41, 5.74) is 1.48. The summed E-state index contributed by atoms with van der Waals surface area (Å²) < 4.78 is 33.2. The minimum atomic E-state index is -2.87. The number of ether oxygens (including phenoxy) is 1. The van der Waals surface area contributed by atoms with Crippen LogP contribution in [0.1, 0.15) is 17.2 Å². The monoisotopic (exact) mass is 304 g/mol. The standard InChI is InChI=1S/C18H18F2O2/c19-18(20)15(12-22-11-13-7-3-1-4-8-13)16(18)17(21)14-9-5-2-6-10-14/h1-10,15-17,21H,11-12H2/t15-,16-,17?/m1/s1. The van der Waals surface area contributed by atoms with E-state index >= 15 is 0 Å². The molecule has 2 aromatic carbocycles. The summed E-state index contributed by atoms with van der Waals surface area (Å²) in [6, 6.07) is 18.0. The maximum atomic E-state index is 13.9. The van der Waals surface area contributed by atoms with E-state index in [1.165, 1.54) is 0 Å². The van der Waals surface area contributed by atoms with Gasteiger partial charge in [0.2, 0.25) is 0 Å². The Morgan fingerprint density at radius 3 is 2.23 bits per heavy atom. The molecular formula is C18H18F2O2. The van der Waals surface area contributed by atoms with Gasteiger partial charge in [0.25, 0.3) is 5.92 Å². The molecule has 1 aliphatic rings. The highest BCUT2D eigenvalue weighted by Crippen LogP contribution is 2.60. The third-order valence-corrected chi connectivity index (χ3v) is 4.15. The topological polar surface area (TPSA) is 29.5 Å². The van der Waals surface area contributed by atoms with Gasteiger partial charge in [0.05, 0.1) is 31.2 Å². The zero-order valence-corrected chi connectivity index (χ0v) is 12.0. The fourth-order valence-electron chi connectivity index (χ4n) is 2.80. The first-order chi connectivity index (χ1) is 10.6. The van der Waals surface area contributed by atoms with Crippen LogP contribution in [0.15, 0.2) is 60.7 Å². The molecule has 1 aliphatic carbocycles. The first-order valence-corrected chi connectivity index (χ1v) is 7.33. The molecule has 3 atom stereocenters. The fraction of sp³-hybridized carbons (Fsp3) is 0.333. The van der Waals surface area contributed by atoms with Gasteiger partial charge in [-0.1, -0.05) is 60.7 Å². The normalized spacial score (nSPS) is 24.0. The van der Waals surface area contributed by atoms with Crippen LogP contribution in [0.5, 0.6) is 0 Å². The van der Waals surface area contributed by atoms with Gasteiger partial charge in [-0.05, 0) is 11.1 Å². The zero-order valence-electron chi connectivity index (χ0n) is 12.0. The molecule has 2 nitrogen and oxygen atoms in total. The van der Waals surface area contributed by atoms with Crippen molar-refractivity contribution in [3.05, 3.63) is 71.8 Å². The quantitative estimate of drug-likeness (QED) is 0.879. The molecule has 0 heterocycles. The van der Waals surface area contributed by atoms with Gasteiger partial charge < -0.3 is 9.84 Å². The number of benzene rings is 2. The fourth-order valence-corrected chi connectivity index (χ4v) is 2.80. The van der Waals surface area contributed by atoms with Crippen molar-refractivity contribution in [1.29, 1.82) is 0 Å². The van der Waals surface area contributed by atoms with Gasteiger partial charge in [-0.15, -0.1) is 0 Å². The predicted molar refractivity (Wildman–Crippen MR) is 79.4 cm³/mol. The molecule has 0 aliphatic heterocycles. The third kappa shape index (κ3) is 3.03. The lowest BCUT2D eigenvalue weighted by Crippen LogP contribution is -2.06. The Bertz CT molecular complexity index is 601. The van der Waals surface area contributed by atoms with E-state index in [-0.39, 0.29) is 6.61 Å². The molecule has 0 amide bonds. The number of hydrogen-bond acceptors (Lipinski definition) is 2. The first kappa shape index (κ1) is 15.1. The predicted octanol–water partition coefficient (Wildman–Crippen LogP) is 3.82. The highest BCUT2D eigenvalue weighted by Gasteiger charge is 2.70. The van der Waals surface area contributed by atoms with E-state index in [2.05, 4.69) is 0 Å². The molecule has 1 saturated carbocycles. The van der Waals surface area contributed by atoms with E-state index in [1.807, 2.05) is 30.3 Å². The maximum absolute atomic E-state index is 13.9. The van der Waals surface area contributed by atoms with Crippen LogP contribution in [-0.4, -0.2) is 17.6 Å². The van der Waals surface area contributed by atoms with Gasteiger partial charge in [-0.3, -0.25) is 0 Å². The van der Waals surface area contributed by atoms with Crippen LogP contribution in [0.3, 0.4) is 0 Å². The van der Waals surface area contributed by atoms with Crippen LogP contribution < -0.4 is 0 Å². The number of rotatable bonds is 6. The molecule has 0 aromatic heterocycles. The van der Waals surface area contributed by atoms with Gasteiger partial charge >= 0.3 is 0 Å². The molecule has 2 aromatic rings. The Labute approximate surface area is 128 Å². The van der Waals surface area contributed by atoms with Crippen LogP contribution in [0.4, 0.5) is 8.78 Å². The van der Waals surface area contributed by atoms with E-state index in [0.717, 1.165) is 5.56 Å². The van der Waals surface area contributed by atoms with Crippen LogP contribution in [-0.2, 0) is 11.3 Å². The number of alkyl halides is 2. The van der Waals surface area contributed by atoms with Gasteiger partial charge in [-0.25, -0.2) is 8.78 Å². The molecule has 0 radical (unpaired) electrons. The van der Waals surface area contributed by atoms with Crippen molar-refractivity contribution in [2.24, 2.45) is 11.8 Å². The van der Waals surface area contributed by atoms with Gasteiger partial charge in [0.1, 0.15) is 0 Å². The Kier molecular flexibility index (Phi) is 4.23. The van der Waals surface area contributed by atoms with Crippen molar-refractivity contribution in [1.82, 2.24) is 0 Å². The lowest BCUT2D eigenvalue weighted by molar-refractivity contribution is 0.0336. The van der Waals surface area contributed by atoms with E-state index < -0.39 is 23.9 Å². The van der Waals surface area contributed by atoms with Crippen molar-refractivity contribution in [3.8, 4) is 0 Å². The van der Waals surface area contributed by atoms with E-state index in [4.69, 9.17) is 4.74 Å². The summed E-state index contributed by atoms with van der Waals surface area (Å²) >= 11 is 0. The summed E-state index contributed by atoms with van der Waals surface area (Å²) in [5, 5.41) is 10.1. The maximum Gasteiger partial charge on any atom is 0.259 e. The molecule has 0 spiro atoms. The van der Waals surface area contributed by atoms with Crippen molar-refractivity contribution in [3.63, 3.8) is 0 Å². The molecule has 1 unspecified atom stereocenters. The second-order valence-electron chi connectivity index (χ2n) is 5.66. The summed E-state index contributed by atoms with van der Waals surface area (Å²) in [7, 11) is 0. The average molecular weight is 304 g/mol. The van der Waals surface area contributed by atoms with E-state index in [0.29, 0.717) is 12.2 Å². The molecule has 4 heteroatoms. The van der Waals surface area contributed by atoms with Crippen LogP contribution in [0.2, 0.25) is 0 Å². The van der Waals surface area contributed by atoms with Crippen molar-refractivity contribution >= 4 is 0 Å². The van der Waals surface area contributed by atoms with Gasteiger partial charge in [-0.2, -0.15) is 0 Å². The zero-order chi connectivity index (χ0) is 15.6. The number of halogens is 2. The third-order valence-electron chi connectivity index (χ3n) is 4.15. The number of hydrogen-bond donors (Lipinski definition) is 1. The van der Waals surface area contributed by atoms with Gasteiger partial charge in [0, 0.05) is 0 Å². The van der Waals surface area contributed by atoms with E-state index in [1.54, 1.807) is 30.3 Å². The smallest absolute Gasteiger partial charge is 0.259 e. The lowest BCUT2D eigenvalue weighted by atomic mass is 10.0. The molecule has 116 valence electrons. The molecule has 0 bridgehead atoms. The molecular weight excluding hydrogens is 286 g/mol. The van der Waals surface area contributed by atoms with E-state index in [9.17, 15) is 13.9 Å². The Balaban J connectivity index is 1.56. The van der Waals surface area contributed by atoms with Crippen LogP contribution in [0.25, 0.3) is 0 Å². The van der Waals surface area contributed by atoms with Crippen LogP contribution in [0, 0.1) is 11.8 Å². The minimum absolute atomic E-state index is 0.0452. The summed E-state index contributed by atoms with van der Waals surface area (Å²) in [6.45, 7) is 0.262. The van der Waals surface area contributed by atoms with Crippen molar-refractivity contribution < 1.29 is 18.6 Å². The van der Waals surface area contributed by atoms with Gasteiger partial charge in [0.15, 0.2) is 0 Å². The van der Waals surface area contributed by atoms with Crippen molar-refractivity contribution in [2.75, 3.05) is 6.61 Å². The number of aliphatic hydroxyl groups is 1. The largest absolute Gasteiger partial charge is 0.388 e. The summed E-state index contributed by atoms with van der Waals surface area (Å²) in [5.74, 6) is -4.86. The SMILES string of the molecule is OC(c1ccccc1)[C@H]1[C@@H](COCc2ccccc2)C1(F)F. The van der Waals surface area contributed by atoms with Crippen LogP contribution >= 0.6 is 0 Å². The minimum Gasteiger partial charge on any atom is -0.388 e. The Morgan fingerprint density at radius 1 is 1.00 bits per heavy atom. The lowest BCUT2D eigenvalue weighted by Gasteiger charge is -2.09. The summed E-state index contributed by atoms with van der Waals surface area (Å²) in [6.07, 6.45) is -1.15. The second-order valence-corrected chi connectivity index (χ2v) is 5.66. The highest BCUT2D eigenvalue weighted by molar-refractivity contribution is 5.23. The Morgan fingerprint density at radius 2 is 1.59 bits per heavy atom. The molecule has 3 rings (SSSR count). The first-order valence-electron chi connectivity index (χ1n) is 7.33. The van der Waals surface area contributed by atoms with Crippen molar-refractivity contribution in [2.45, 2.75) is 18.6 Å². The highest BCUT2D eigenvalue weighted by atomic mass is 19.3. The number of aliphatic hydroxyl groups excluding tert-OH is 1. The Hall–Kier alpha value is -1.78. The molecule has 22 heavy (non-hydrogen) atoms. The second kappa shape index (κ2) is 6.15. The molecule has 0 saturated heterocycles. The molecule has 1 N–H and O–H groups in total. The average Bonchev–Trinajstić information content (AvgIpc) is 3.09.